The molecule has 2 unspecified atom stereocenters. The number of amides is 2. The third-order valence-corrected chi connectivity index (χ3v) is 7.76. The maximum Gasteiger partial charge on any atom is 0.251 e. The van der Waals surface area contributed by atoms with E-state index in [1.54, 1.807) is 24.5 Å². The molecular formula is C29H37N5O2. The van der Waals surface area contributed by atoms with E-state index in [-0.39, 0.29) is 17.7 Å². The Balaban J connectivity index is 1.49. The van der Waals surface area contributed by atoms with E-state index in [0.717, 1.165) is 44.2 Å². The Labute approximate surface area is 214 Å². The van der Waals surface area contributed by atoms with Crippen LogP contribution in [0.25, 0.3) is 0 Å². The Bertz CT molecular complexity index is 1020. The molecule has 1 saturated heterocycles. The molecule has 1 aromatic carbocycles. The number of hydrogen-bond donors (Lipinski definition) is 2. The molecule has 2 heterocycles. The molecule has 0 spiro atoms. The second-order valence-electron chi connectivity index (χ2n) is 10.1. The van der Waals surface area contributed by atoms with E-state index in [9.17, 15) is 14.9 Å². The summed E-state index contributed by atoms with van der Waals surface area (Å²) < 4.78 is 0. The Hall–Kier alpha value is -3.24. The summed E-state index contributed by atoms with van der Waals surface area (Å²) in [6.45, 7) is 2.20. The van der Waals surface area contributed by atoms with Crippen LogP contribution in [0, 0.1) is 23.2 Å². The van der Waals surface area contributed by atoms with Crippen molar-refractivity contribution in [3.05, 3.63) is 66.0 Å². The lowest BCUT2D eigenvalue weighted by Crippen LogP contribution is -2.54. The first-order chi connectivity index (χ1) is 17.6. The molecule has 4 rings (SSSR count). The summed E-state index contributed by atoms with van der Waals surface area (Å²) in [6, 6.07) is 15.9. The third kappa shape index (κ3) is 6.30. The first-order valence-electron chi connectivity index (χ1n) is 13.3. The van der Waals surface area contributed by atoms with Crippen molar-refractivity contribution in [2.24, 2.45) is 11.8 Å². The zero-order valence-electron chi connectivity index (χ0n) is 21.0. The monoisotopic (exact) mass is 487 g/mol. The standard InChI is InChI=1S/C29H37N5O2/c30-21-29(15-19-32-22-29)34(20-23-8-3-1-4-9-23)28(36)26(24-10-5-2-6-11-24)12-7-16-33-27(35)25-13-17-31-18-14-25/h1,3-4,8-9,13-14,17-18,24,26,32H,2,5-7,10-12,15-16,19-20,22H2,(H,33,35). The van der Waals surface area contributed by atoms with Gasteiger partial charge in [0.2, 0.25) is 5.91 Å². The molecule has 0 radical (unpaired) electrons. The van der Waals surface area contributed by atoms with E-state index in [0.29, 0.717) is 44.0 Å². The van der Waals surface area contributed by atoms with Crippen LogP contribution in [0.3, 0.4) is 0 Å². The van der Waals surface area contributed by atoms with E-state index < -0.39 is 5.54 Å². The van der Waals surface area contributed by atoms with Gasteiger partial charge in [0.05, 0.1) is 6.07 Å². The highest BCUT2D eigenvalue weighted by Crippen LogP contribution is 2.36. The van der Waals surface area contributed by atoms with Crippen molar-refractivity contribution >= 4 is 11.8 Å². The van der Waals surface area contributed by atoms with Crippen molar-refractivity contribution in [3.63, 3.8) is 0 Å². The van der Waals surface area contributed by atoms with E-state index in [4.69, 9.17) is 0 Å². The molecule has 0 bridgehead atoms. The molecule has 2 aromatic rings. The minimum Gasteiger partial charge on any atom is -0.352 e. The van der Waals surface area contributed by atoms with Crippen LogP contribution in [0.5, 0.6) is 0 Å². The number of nitrogens with one attached hydrogen (secondary N) is 2. The molecule has 7 nitrogen and oxygen atoms in total. The van der Waals surface area contributed by atoms with E-state index >= 15 is 0 Å². The van der Waals surface area contributed by atoms with Gasteiger partial charge in [-0.1, -0.05) is 49.6 Å². The SMILES string of the molecule is N#CC1(N(Cc2ccccc2)C(=O)C(CCCNC(=O)c2ccncc2)C2CCCCC2)CCNC1. The molecule has 7 heteroatoms. The van der Waals surface area contributed by atoms with Gasteiger partial charge < -0.3 is 15.5 Å². The first-order valence-corrected chi connectivity index (χ1v) is 13.3. The summed E-state index contributed by atoms with van der Waals surface area (Å²) >= 11 is 0. The lowest BCUT2D eigenvalue weighted by atomic mass is 9.76. The number of nitrogens with zero attached hydrogens (tertiary/aromatic N) is 3. The van der Waals surface area contributed by atoms with Gasteiger partial charge in [-0.05, 0) is 62.3 Å². The quantitative estimate of drug-likeness (QED) is 0.492. The molecule has 1 aromatic heterocycles. The maximum absolute atomic E-state index is 14.3. The second kappa shape index (κ2) is 12.6. The molecule has 1 aliphatic heterocycles. The summed E-state index contributed by atoms with van der Waals surface area (Å²) in [5.41, 5.74) is 0.804. The van der Waals surface area contributed by atoms with Gasteiger partial charge in [-0.2, -0.15) is 5.26 Å². The Kier molecular flexibility index (Phi) is 9.07. The van der Waals surface area contributed by atoms with E-state index in [2.05, 4.69) is 21.7 Å². The van der Waals surface area contributed by atoms with Gasteiger partial charge in [-0.25, -0.2) is 0 Å². The lowest BCUT2D eigenvalue weighted by Gasteiger charge is -2.40. The molecule has 2 amide bonds. The number of aromatic nitrogens is 1. The number of pyridine rings is 1. The smallest absolute Gasteiger partial charge is 0.251 e. The van der Waals surface area contributed by atoms with Crippen LogP contribution in [0.2, 0.25) is 0 Å². The van der Waals surface area contributed by atoms with Crippen molar-refractivity contribution < 1.29 is 9.59 Å². The summed E-state index contributed by atoms with van der Waals surface area (Å²) in [4.78, 5) is 32.6. The molecule has 1 saturated carbocycles. The molecule has 36 heavy (non-hydrogen) atoms. The maximum atomic E-state index is 14.3. The van der Waals surface area contributed by atoms with Crippen LogP contribution in [0.4, 0.5) is 0 Å². The highest BCUT2D eigenvalue weighted by atomic mass is 16.2. The zero-order valence-corrected chi connectivity index (χ0v) is 21.0. The zero-order chi connectivity index (χ0) is 25.2. The van der Waals surface area contributed by atoms with Crippen LogP contribution in [0.15, 0.2) is 54.9 Å². The minimum atomic E-state index is -0.824. The largest absolute Gasteiger partial charge is 0.352 e. The van der Waals surface area contributed by atoms with Crippen molar-refractivity contribution in [3.8, 4) is 6.07 Å². The van der Waals surface area contributed by atoms with E-state index in [1.165, 1.54) is 6.42 Å². The van der Waals surface area contributed by atoms with Crippen molar-refractivity contribution in [1.82, 2.24) is 20.5 Å². The van der Waals surface area contributed by atoms with Crippen LogP contribution < -0.4 is 10.6 Å². The normalized spacial score (nSPS) is 20.9. The molecule has 2 atom stereocenters. The van der Waals surface area contributed by atoms with Gasteiger partial charge in [0, 0.05) is 43.5 Å². The predicted molar refractivity (Wildman–Crippen MR) is 139 cm³/mol. The van der Waals surface area contributed by atoms with Gasteiger partial charge in [-0.3, -0.25) is 14.6 Å². The summed E-state index contributed by atoms with van der Waals surface area (Å²) in [5.74, 6) is 0.156. The van der Waals surface area contributed by atoms with E-state index in [1.807, 2.05) is 35.2 Å². The second-order valence-corrected chi connectivity index (χ2v) is 10.1. The van der Waals surface area contributed by atoms with Crippen LogP contribution in [-0.2, 0) is 11.3 Å². The molecule has 1 aliphatic carbocycles. The highest BCUT2D eigenvalue weighted by molar-refractivity contribution is 5.93. The molecule has 190 valence electrons. The average Bonchev–Trinajstić information content (AvgIpc) is 3.43. The molecular weight excluding hydrogens is 450 g/mol. The fourth-order valence-electron chi connectivity index (χ4n) is 5.70. The van der Waals surface area contributed by atoms with Crippen LogP contribution in [0.1, 0.15) is 67.3 Å². The van der Waals surface area contributed by atoms with Gasteiger partial charge in [0.25, 0.3) is 5.91 Å². The molecule has 2 N–H and O–H groups in total. The van der Waals surface area contributed by atoms with Gasteiger partial charge in [-0.15, -0.1) is 0 Å². The van der Waals surface area contributed by atoms with Crippen LogP contribution in [-0.4, -0.2) is 46.9 Å². The third-order valence-electron chi connectivity index (χ3n) is 7.76. The van der Waals surface area contributed by atoms with Gasteiger partial charge >= 0.3 is 0 Å². The average molecular weight is 488 g/mol. The molecule has 2 aliphatic rings. The summed E-state index contributed by atoms with van der Waals surface area (Å²) in [7, 11) is 0. The first kappa shape index (κ1) is 25.8. The van der Waals surface area contributed by atoms with Crippen molar-refractivity contribution in [2.75, 3.05) is 19.6 Å². The minimum absolute atomic E-state index is 0.0939. The van der Waals surface area contributed by atoms with Crippen molar-refractivity contribution in [1.29, 1.82) is 5.26 Å². The highest BCUT2D eigenvalue weighted by Gasteiger charge is 2.45. The van der Waals surface area contributed by atoms with Gasteiger partial charge in [0.15, 0.2) is 0 Å². The Morgan fingerprint density at radius 1 is 1.14 bits per heavy atom. The lowest BCUT2D eigenvalue weighted by molar-refractivity contribution is -0.143. The predicted octanol–water partition coefficient (Wildman–Crippen LogP) is 4.07. The number of carbonyl (C=O) groups is 2. The fraction of sp³-hybridized carbons (Fsp3) is 0.517. The fourth-order valence-corrected chi connectivity index (χ4v) is 5.70. The van der Waals surface area contributed by atoms with Gasteiger partial charge in [0.1, 0.15) is 5.54 Å². The number of carbonyl (C=O) groups excluding carboxylic acids is 2. The number of nitriles is 1. The molecule has 2 fully saturated rings. The van der Waals surface area contributed by atoms with Crippen molar-refractivity contribution in [2.45, 2.75) is 63.5 Å². The number of hydrogen-bond acceptors (Lipinski definition) is 5. The summed E-state index contributed by atoms with van der Waals surface area (Å²) in [5, 5.41) is 16.6. The Morgan fingerprint density at radius 2 is 1.89 bits per heavy atom. The summed E-state index contributed by atoms with van der Waals surface area (Å²) in [6.07, 6.45) is 10.9. The van der Waals surface area contributed by atoms with Crippen LogP contribution >= 0.6 is 0 Å². The Morgan fingerprint density at radius 3 is 2.56 bits per heavy atom. The number of benzene rings is 1. The topological polar surface area (TPSA) is 98.1 Å². The number of rotatable bonds is 10.